The Morgan fingerprint density at radius 1 is 1.39 bits per heavy atom. The van der Waals surface area contributed by atoms with Gasteiger partial charge in [-0.15, -0.1) is 0 Å². The maximum atomic E-state index is 10.2. The van der Waals surface area contributed by atoms with Gasteiger partial charge in [-0.2, -0.15) is 0 Å². The molecule has 1 aliphatic heterocycles. The van der Waals surface area contributed by atoms with Crippen LogP contribution in [0.1, 0.15) is 25.0 Å². The van der Waals surface area contributed by atoms with E-state index in [-0.39, 0.29) is 0 Å². The number of hydrogen-bond donors (Lipinski definition) is 1. The number of nitrogens with zero attached hydrogens (tertiary/aromatic N) is 3. The zero-order chi connectivity index (χ0) is 13.0. The zero-order valence-corrected chi connectivity index (χ0v) is 10.1. The molecule has 0 aliphatic carbocycles. The largest absolute Gasteiger partial charge is 0.486 e. The number of aliphatic hydroxyl groups excluding tert-OH is 1. The topological polar surface area (TPSA) is 87.5 Å². The van der Waals surface area contributed by atoms with Crippen LogP contribution in [0.2, 0.25) is 0 Å². The first-order chi connectivity index (χ1) is 8.76. The van der Waals surface area contributed by atoms with Crippen molar-refractivity contribution in [1.82, 2.24) is 0 Å². The molecule has 0 radical (unpaired) electrons. The van der Waals surface area contributed by atoms with Crippen LogP contribution in [-0.4, -0.2) is 24.4 Å². The molecule has 96 valence electrons. The molecule has 1 heterocycles. The zero-order valence-electron chi connectivity index (χ0n) is 10.1. The highest BCUT2D eigenvalue weighted by molar-refractivity contribution is 5.44. The third-order valence-electron chi connectivity index (χ3n) is 2.89. The van der Waals surface area contributed by atoms with E-state index in [1.165, 1.54) is 0 Å². The Labute approximate surface area is 105 Å². The molecule has 0 saturated heterocycles. The maximum absolute atomic E-state index is 10.2. The molecular weight excluding hydrogens is 234 g/mol. The maximum Gasteiger partial charge on any atom is 0.161 e. The van der Waals surface area contributed by atoms with Gasteiger partial charge < -0.3 is 14.6 Å². The Morgan fingerprint density at radius 2 is 2.11 bits per heavy atom. The Balaban J connectivity index is 2.24. The number of benzene rings is 1. The first-order valence-corrected chi connectivity index (χ1v) is 5.88. The van der Waals surface area contributed by atoms with Gasteiger partial charge in [-0.3, -0.25) is 0 Å². The Bertz CT molecular complexity index is 472. The van der Waals surface area contributed by atoms with Gasteiger partial charge in [0.15, 0.2) is 11.5 Å². The summed E-state index contributed by atoms with van der Waals surface area (Å²) in [5.41, 5.74) is 9.12. The van der Waals surface area contributed by atoms with Crippen molar-refractivity contribution in [3.8, 4) is 11.5 Å². The third kappa shape index (κ3) is 2.50. The summed E-state index contributed by atoms with van der Waals surface area (Å²) in [6, 6.07) is 4.77. The fourth-order valence-electron chi connectivity index (χ4n) is 1.90. The second-order valence-corrected chi connectivity index (χ2v) is 4.03. The molecule has 1 aliphatic rings. The molecule has 18 heavy (non-hydrogen) atoms. The molecule has 6 nitrogen and oxygen atoms in total. The van der Waals surface area contributed by atoms with E-state index in [0.717, 1.165) is 0 Å². The fourth-order valence-corrected chi connectivity index (χ4v) is 1.90. The van der Waals surface area contributed by atoms with E-state index in [1.807, 2.05) is 6.92 Å². The molecule has 1 aromatic carbocycles. The molecule has 2 rings (SSSR count). The van der Waals surface area contributed by atoms with Crippen molar-refractivity contribution >= 4 is 0 Å². The monoisotopic (exact) mass is 249 g/mol. The van der Waals surface area contributed by atoms with Crippen LogP contribution in [0, 0.1) is 0 Å². The summed E-state index contributed by atoms with van der Waals surface area (Å²) < 4.78 is 10.9. The molecule has 1 unspecified atom stereocenters. The molecular formula is C12H15N3O3. The van der Waals surface area contributed by atoms with Crippen molar-refractivity contribution in [3.05, 3.63) is 34.2 Å². The van der Waals surface area contributed by atoms with Gasteiger partial charge in [0, 0.05) is 4.91 Å². The highest BCUT2D eigenvalue weighted by Gasteiger charge is 2.20. The molecule has 0 spiro atoms. The van der Waals surface area contributed by atoms with Crippen molar-refractivity contribution in [2.24, 2.45) is 5.11 Å². The van der Waals surface area contributed by atoms with Gasteiger partial charge in [0.1, 0.15) is 13.2 Å². The van der Waals surface area contributed by atoms with E-state index < -0.39 is 12.1 Å². The number of ether oxygens (including phenoxy) is 2. The van der Waals surface area contributed by atoms with Crippen molar-refractivity contribution in [3.63, 3.8) is 0 Å². The van der Waals surface area contributed by atoms with Gasteiger partial charge >= 0.3 is 0 Å². The van der Waals surface area contributed by atoms with Gasteiger partial charge in [-0.25, -0.2) is 0 Å². The van der Waals surface area contributed by atoms with Crippen LogP contribution < -0.4 is 9.47 Å². The Morgan fingerprint density at radius 3 is 2.78 bits per heavy atom. The van der Waals surface area contributed by atoms with Crippen molar-refractivity contribution in [2.75, 3.05) is 13.2 Å². The summed E-state index contributed by atoms with van der Waals surface area (Å²) in [7, 11) is 0. The Hall–Kier alpha value is -1.91. The van der Waals surface area contributed by atoms with E-state index in [0.29, 0.717) is 36.7 Å². The summed E-state index contributed by atoms with van der Waals surface area (Å²) in [6.45, 7) is 2.89. The summed E-state index contributed by atoms with van der Waals surface area (Å²) in [5, 5.41) is 13.7. The highest BCUT2D eigenvalue weighted by Crippen LogP contribution is 2.34. The first kappa shape index (κ1) is 12.5. The standard InChI is InChI=1S/C12H15N3O3/c1-2-9(14-15-13)12(16)8-3-4-10-11(7-8)18-6-5-17-10/h3-4,7,9,12,16H,2,5-6H2,1H3/t9?,12-/m1/s1. The van der Waals surface area contributed by atoms with Crippen molar-refractivity contribution < 1.29 is 14.6 Å². The molecule has 0 bridgehead atoms. The minimum atomic E-state index is -0.832. The first-order valence-electron chi connectivity index (χ1n) is 5.88. The normalized spacial score (nSPS) is 16.6. The second kappa shape index (κ2) is 5.62. The summed E-state index contributed by atoms with van der Waals surface area (Å²) in [4.78, 5) is 2.75. The summed E-state index contributed by atoms with van der Waals surface area (Å²) in [6.07, 6.45) is -0.263. The Kier molecular flexibility index (Phi) is 3.92. The molecule has 0 saturated carbocycles. The molecule has 1 N–H and O–H groups in total. The lowest BCUT2D eigenvalue weighted by Gasteiger charge is -2.22. The van der Waals surface area contributed by atoms with Gasteiger partial charge in [0.25, 0.3) is 0 Å². The second-order valence-electron chi connectivity index (χ2n) is 4.03. The van der Waals surface area contributed by atoms with E-state index in [9.17, 15) is 5.11 Å². The van der Waals surface area contributed by atoms with Crippen LogP contribution in [-0.2, 0) is 0 Å². The lowest BCUT2D eigenvalue weighted by atomic mass is 10.0. The summed E-state index contributed by atoms with van der Waals surface area (Å²) >= 11 is 0. The third-order valence-corrected chi connectivity index (χ3v) is 2.89. The smallest absolute Gasteiger partial charge is 0.161 e. The molecule has 6 heteroatoms. The van der Waals surface area contributed by atoms with Crippen LogP contribution in [0.25, 0.3) is 10.4 Å². The van der Waals surface area contributed by atoms with Crippen LogP contribution in [0.15, 0.2) is 23.3 Å². The van der Waals surface area contributed by atoms with Crippen molar-refractivity contribution in [1.29, 1.82) is 0 Å². The van der Waals surface area contributed by atoms with Gasteiger partial charge in [-0.05, 0) is 29.6 Å². The van der Waals surface area contributed by atoms with Crippen LogP contribution in [0.3, 0.4) is 0 Å². The average molecular weight is 249 g/mol. The highest BCUT2D eigenvalue weighted by atomic mass is 16.6. The lowest BCUT2D eigenvalue weighted by Crippen LogP contribution is -2.18. The number of aliphatic hydroxyl groups is 1. The van der Waals surface area contributed by atoms with Gasteiger partial charge in [0.2, 0.25) is 0 Å². The minimum Gasteiger partial charge on any atom is -0.486 e. The van der Waals surface area contributed by atoms with E-state index in [4.69, 9.17) is 15.0 Å². The van der Waals surface area contributed by atoms with Crippen LogP contribution in [0.4, 0.5) is 0 Å². The number of fused-ring (bicyclic) bond motifs is 1. The predicted molar refractivity (Wildman–Crippen MR) is 65.6 cm³/mol. The van der Waals surface area contributed by atoms with E-state index in [1.54, 1.807) is 18.2 Å². The van der Waals surface area contributed by atoms with Crippen LogP contribution in [0.5, 0.6) is 11.5 Å². The molecule has 2 atom stereocenters. The predicted octanol–water partition coefficient (Wildman–Crippen LogP) is 2.58. The molecule has 0 fully saturated rings. The fraction of sp³-hybridized carbons (Fsp3) is 0.500. The number of azide groups is 1. The van der Waals surface area contributed by atoms with Crippen molar-refractivity contribution in [2.45, 2.75) is 25.5 Å². The number of rotatable bonds is 4. The SMILES string of the molecule is CCC(N=[N+]=[N-])[C@H](O)c1ccc2c(c1)OCCO2. The van der Waals surface area contributed by atoms with E-state index in [2.05, 4.69) is 10.0 Å². The molecule has 0 aromatic heterocycles. The quantitative estimate of drug-likeness (QED) is 0.505. The summed E-state index contributed by atoms with van der Waals surface area (Å²) in [5.74, 6) is 1.29. The minimum absolute atomic E-state index is 0.474. The van der Waals surface area contributed by atoms with Crippen LogP contribution >= 0.6 is 0 Å². The molecule has 1 aromatic rings. The average Bonchev–Trinajstić information content (AvgIpc) is 2.43. The lowest BCUT2D eigenvalue weighted by molar-refractivity contribution is 0.141. The number of hydrogen-bond acceptors (Lipinski definition) is 4. The molecule has 0 amide bonds. The van der Waals surface area contributed by atoms with Gasteiger partial charge in [-0.1, -0.05) is 18.1 Å². The van der Waals surface area contributed by atoms with E-state index >= 15 is 0 Å². The van der Waals surface area contributed by atoms with Gasteiger partial charge in [0.05, 0.1) is 12.1 Å².